The Kier molecular flexibility index (Phi) is 5.49. The van der Waals surface area contributed by atoms with E-state index in [9.17, 15) is 0 Å². The van der Waals surface area contributed by atoms with Crippen LogP contribution in [-0.4, -0.2) is 48.0 Å². The Balaban J connectivity index is 1.44. The number of amidine groups is 1. The molecule has 1 atom stereocenters. The van der Waals surface area contributed by atoms with Crippen molar-refractivity contribution in [2.45, 2.75) is 64.3 Å². The fourth-order valence-electron chi connectivity index (χ4n) is 4.03. The molecule has 0 aromatic heterocycles. The van der Waals surface area contributed by atoms with Crippen LogP contribution in [-0.2, 0) is 0 Å². The standard InChI is InChI=1S/C17H31N3S/c1-15(12-20-10-6-3-7-11-20)19-16-18-13-17(14-21-16)8-4-2-5-9-17/h15H,2-14H2,1H3,(H,18,19). The maximum atomic E-state index is 4.89. The van der Waals surface area contributed by atoms with Crippen molar-refractivity contribution in [2.24, 2.45) is 10.4 Å². The third-order valence-corrected chi connectivity index (χ3v) is 6.62. The van der Waals surface area contributed by atoms with Crippen LogP contribution in [0.25, 0.3) is 0 Å². The van der Waals surface area contributed by atoms with E-state index in [4.69, 9.17) is 4.99 Å². The SMILES string of the molecule is CC(CN1CCCCC1)NC1=NCC2(CCCCC2)CS1. The van der Waals surface area contributed by atoms with Crippen molar-refractivity contribution < 1.29 is 0 Å². The lowest BCUT2D eigenvalue weighted by Crippen LogP contribution is -2.45. The van der Waals surface area contributed by atoms with Crippen molar-refractivity contribution in [2.75, 3.05) is 31.9 Å². The fourth-order valence-corrected chi connectivity index (χ4v) is 5.29. The van der Waals surface area contributed by atoms with Gasteiger partial charge < -0.3 is 10.2 Å². The zero-order valence-corrected chi connectivity index (χ0v) is 14.4. The van der Waals surface area contributed by atoms with Crippen LogP contribution in [0.5, 0.6) is 0 Å². The molecule has 0 bridgehead atoms. The maximum absolute atomic E-state index is 4.89. The first-order valence-corrected chi connectivity index (χ1v) is 9.91. The molecule has 2 heterocycles. The van der Waals surface area contributed by atoms with Gasteiger partial charge in [-0.25, -0.2) is 0 Å². The Morgan fingerprint density at radius 1 is 1.14 bits per heavy atom. The molecule has 4 heteroatoms. The van der Waals surface area contributed by atoms with Gasteiger partial charge in [0.05, 0.1) is 0 Å². The molecule has 1 spiro atoms. The molecule has 1 saturated carbocycles. The summed E-state index contributed by atoms with van der Waals surface area (Å²) in [6.07, 6.45) is 11.3. The molecule has 1 N–H and O–H groups in total. The van der Waals surface area contributed by atoms with Gasteiger partial charge in [-0.2, -0.15) is 0 Å². The highest BCUT2D eigenvalue weighted by Crippen LogP contribution is 2.41. The number of nitrogens with zero attached hydrogens (tertiary/aromatic N) is 2. The number of likely N-dealkylation sites (tertiary alicyclic amines) is 1. The van der Waals surface area contributed by atoms with Gasteiger partial charge in [0.25, 0.3) is 0 Å². The summed E-state index contributed by atoms with van der Waals surface area (Å²) >= 11 is 1.98. The van der Waals surface area contributed by atoms with Crippen LogP contribution in [0.15, 0.2) is 4.99 Å². The number of hydrogen-bond acceptors (Lipinski definition) is 4. The molecule has 1 saturated heterocycles. The quantitative estimate of drug-likeness (QED) is 0.864. The molecule has 21 heavy (non-hydrogen) atoms. The van der Waals surface area contributed by atoms with E-state index in [1.165, 1.54) is 81.9 Å². The first-order chi connectivity index (χ1) is 10.3. The van der Waals surface area contributed by atoms with Crippen LogP contribution in [0, 0.1) is 5.41 Å². The minimum atomic E-state index is 0.523. The number of aliphatic imine (C=N–C) groups is 1. The second-order valence-corrected chi connectivity index (χ2v) is 8.34. The van der Waals surface area contributed by atoms with Crippen LogP contribution in [0.2, 0.25) is 0 Å². The summed E-state index contributed by atoms with van der Waals surface area (Å²) in [7, 11) is 0. The molecule has 1 aliphatic carbocycles. The Bertz CT molecular complexity index is 357. The molecule has 2 aliphatic heterocycles. The van der Waals surface area contributed by atoms with Crippen LogP contribution in [0.3, 0.4) is 0 Å². The number of rotatable bonds is 3. The van der Waals surface area contributed by atoms with Gasteiger partial charge in [-0.3, -0.25) is 4.99 Å². The molecule has 3 aliphatic rings. The molecule has 0 radical (unpaired) electrons. The Hall–Kier alpha value is -0.220. The Labute approximate surface area is 134 Å². The summed E-state index contributed by atoms with van der Waals surface area (Å²) in [5.41, 5.74) is 0.546. The average molecular weight is 310 g/mol. The third kappa shape index (κ3) is 4.38. The summed E-state index contributed by atoms with van der Waals surface area (Å²) in [4.78, 5) is 7.50. The van der Waals surface area contributed by atoms with Gasteiger partial charge in [0.2, 0.25) is 0 Å². The number of nitrogens with one attached hydrogen (secondary N) is 1. The molecule has 1 unspecified atom stereocenters. The van der Waals surface area contributed by atoms with E-state index in [0.717, 1.165) is 6.54 Å². The highest BCUT2D eigenvalue weighted by Gasteiger charge is 2.35. The van der Waals surface area contributed by atoms with E-state index in [2.05, 4.69) is 17.1 Å². The predicted molar refractivity (Wildman–Crippen MR) is 93.2 cm³/mol. The number of thioether (sulfide) groups is 1. The summed E-state index contributed by atoms with van der Waals surface area (Å²) < 4.78 is 0. The van der Waals surface area contributed by atoms with Gasteiger partial charge in [-0.05, 0) is 51.1 Å². The third-order valence-electron chi connectivity index (χ3n) is 5.34. The van der Waals surface area contributed by atoms with Crippen molar-refractivity contribution in [3.63, 3.8) is 0 Å². The molecule has 120 valence electrons. The Morgan fingerprint density at radius 3 is 2.52 bits per heavy atom. The van der Waals surface area contributed by atoms with Crippen molar-refractivity contribution in [1.82, 2.24) is 10.2 Å². The molecule has 0 amide bonds. The van der Waals surface area contributed by atoms with Gasteiger partial charge in [0.1, 0.15) is 0 Å². The topological polar surface area (TPSA) is 27.6 Å². The van der Waals surface area contributed by atoms with E-state index in [-0.39, 0.29) is 0 Å². The Morgan fingerprint density at radius 2 is 1.86 bits per heavy atom. The van der Waals surface area contributed by atoms with E-state index in [1.54, 1.807) is 0 Å². The fraction of sp³-hybridized carbons (Fsp3) is 0.941. The molecule has 3 rings (SSSR count). The van der Waals surface area contributed by atoms with Crippen molar-refractivity contribution in [3.05, 3.63) is 0 Å². The largest absolute Gasteiger partial charge is 0.361 e. The second kappa shape index (κ2) is 7.36. The first kappa shape index (κ1) is 15.7. The molecule has 2 fully saturated rings. The molecule has 0 aromatic rings. The smallest absolute Gasteiger partial charge is 0.156 e. The zero-order valence-electron chi connectivity index (χ0n) is 13.6. The van der Waals surface area contributed by atoms with Gasteiger partial charge >= 0.3 is 0 Å². The molecular formula is C17H31N3S. The number of piperidine rings is 1. The normalized spacial score (nSPS) is 28.1. The van der Waals surface area contributed by atoms with Gasteiger partial charge in [-0.1, -0.05) is 37.4 Å². The predicted octanol–water partition coefficient (Wildman–Crippen LogP) is 3.50. The van der Waals surface area contributed by atoms with Crippen LogP contribution < -0.4 is 5.32 Å². The summed E-state index contributed by atoms with van der Waals surface area (Å²) in [6.45, 7) is 7.12. The van der Waals surface area contributed by atoms with Gasteiger partial charge in [0, 0.05) is 24.9 Å². The van der Waals surface area contributed by atoms with Crippen molar-refractivity contribution in [3.8, 4) is 0 Å². The highest BCUT2D eigenvalue weighted by atomic mass is 32.2. The van der Waals surface area contributed by atoms with Crippen molar-refractivity contribution >= 4 is 16.9 Å². The number of hydrogen-bond donors (Lipinski definition) is 1. The molecule has 3 nitrogen and oxygen atoms in total. The average Bonchev–Trinajstić information content (AvgIpc) is 2.52. The van der Waals surface area contributed by atoms with E-state index < -0.39 is 0 Å². The van der Waals surface area contributed by atoms with Crippen LogP contribution >= 0.6 is 11.8 Å². The summed E-state index contributed by atoms with van der Waals surface area (Å²) in [5.74, 6) is 1.29. The highest BCUT2D eigenvalue weighted by molar-refractivity contribution is 8.13. The summed E-state index contributed by atoms with van der Waals surface area (Å²) in [6, 6.07) is 0.523. The molecular weight excluding hydrogens is 278 g/mol. The van der Waals surface area contributed by atoms with Crippen molar-refractivity contribution in [1.29, 1.82) is 0 Å². The van der Waals surface area contributed by atoms with Crippen LogP contribution in [0.4, 0.5) is 0 Å². The molecule has 0 aromatic carbocycles. The lowest BCUT2D eigenvalue weighted by atomic mass is 9.75. The minimum absolute atomic E-state index is 0.523. The lowest BCUT2D eigenvalue weighted by Gasteiger charge is -2.39. The minimum Gasteiger partial charge on any atom is -0.361 e. The summed E-state index contributed by atoms with van der Waals surface area (Å²) in [5, 5.41) is 4.86. The van der Waals surface area contributed by atoms with Gasteiger partial charge in [-0.15, -0.1) is 0 Å². The zero-order chi connectivity index (χ0) is 14.5. The van der Waals surface area contributed by atoms with Crippen LogP contribution in [0.1, 0.15) is 58.3 Å². The van der Waals surface area contributed by atoms with E-state index >= 15 is 0 Å². The second-order valence-electron chi connectivity index (χ2n) is 7.38. The van der Waals surface area contributed by atoms with E-state index in [0.29, 0.717) is 11.5 Å². The first-order valence-electron chi connectivity index (χ1n) is 8.92. The monoisotopic (exact) mass is 309 g/mol. The maximum Gasteiger partial charge on any atom is 0.156 e. The van der Waals surface area contributed by atoms with E-state index in [1.807, 2.05) is 11.8 Å². The lowest BCUT2D eigenvalue weighted by molar-refractivity contribution is 0.214. The van der Waals surface area contributed by atoms with Gasteiger partial charge in [0.15, 0.2) is 5.17 Å².